The topological polar surface area (TPSA) is 81.6 Å². The minimum atomic E-state index is -0.200. The predicted octanol–water partition coefficient (Wildman–Crippen LogP) is 0.897. The zero-order chi connectivity index (χ0) is 15.2. The van der Waals surface area contributed by atoms with Gasteiger partial charge in [-0.15, -0.1) is 0 Å². The molecule has 2 rings (SSSR count). The Morgan fingerprint density at radius 1 is 1.33 bits per heavy atom. The van der Waals surface area contributed by atoms with E-state index in [2.05, 4.69) is 4.90 Å². The van der Waals surface area contributed by atoms with Crippen LogP contribution in [0, 0.1) is 5.92 Å². The number of likely N-dealkylation sites (tertiary alicyclic amines) is 1. The number of carbonyl (C=O) groups excluding carboxylic acids is 1. The fraction of sp³-hybridized carbons (Fsp3) is 0.467. The first-order chi connectivity index (χ1) is 10.1. The van der Waals surface area contributed by atoms with Gasteiger partial charge in [-0.25, -0.2) is 0 Å². The maximum atomic E-state index is 11.2. The van der Waals surface area contributed by atoms with Crippen LogP contribution in [0.3, 0.4) is 0 Å². The number of ether oxygens (including phenoxy) is 1. The summed E-state index contributed by atoms with van der Waals surface area (Å²) in [5.41, 5.74) is 11.7. The number of hydrogen-bond acceptors (Lipinski definition) is 4. The lowest BCUT2D eigenvalue weighted by Gasteiger charge is -2.30. The van der Waals surface area contributed by atoms with Gasteiger partial charge in [0, 0.05) is 18.7 Å². The molecule has 21 heavy (non-hydrogen) atoms. The van der Waals surface area contributed by atoms with Gasteiger partial charge in [-0.2, -0.15) is 0 Å². The summed E-state index contributed by atoms with van der Waals surface area (Å²) in [5.74, 6) is 0.566. The highest BCUT2D eigenvalue weighted by molar-refractivity contribution is 7.80. The maximum absolute atomic E-state index is 11.2. The molecule has 1 heterocycles. The first-order valence-corrected chi connectivity index (χ1v) is 7.51. The van der Waals surface area contributed by atoms with Crippen molar-refractivity contribution in [2.24, 2.45) is 17.4 Å². The van der Waals surface area contributed by atoms with Gasteiger partial charge in [0.25, 0.3) is 0 Å². The molecule has 4 N–H and O–H groups in total. The first kappa shape index (κ1) is 15.7. The second-order valence-electron chi connectivity index (χ2n) is 5.28. The van der Waals surface area contributed by atoms with Crippen molar-refractivity contribution in [3.05, 3.63) is 29.8 Å². The third kappa shape index (κ3) is 4.68. The Hall–Kier alpha value is -1.66. The van der Waals surface area contributed by atoms with Crippen LogP contribution >= 0.6 is 12.2 Å². The van der Waals surface area contributed by atoms with E-state index in [1.165, 1.54) is 0 Å². The fourth-order valence-corrected chi connectivity index (χ4v) is 2.63. The molecular formula is C15H21N3O2S. The Morgan fingerprint density at radius 3 is 2.67 bits per heavy atom. The van der Waals surface area contributed by atoms with Crippen molar-refractivity contribution < 1.29 is 9.53 Å². The van der Waals surface area contributed by atoms with Crippen molar-refractivity contribution in [2.45, 2.75) is 12.8 Å². The van der Waals surface area contributed by atoms with Crippen LogP contribution in [0.5, 0.6) is 5.75 Å². The molecule has 1 aliphatic rings. The number of carbonyl (C=O) groups is 1. The highest BCUT2D eigenvalue weighted by atomic mass is 32.1. The van der Waals surface area contributed by atoms with Gasteiger partial charge in [0.05, 0.1) is 5.92 Å². The predicted molar refractivity (Wildman–Crippen MR) is 86.2 cm³/mol. The Morgan fingerprint density at radius 2 is 2.05 bits per heavy atom. The Kier molecular flexibility index (Phi) is 5.52. The molecule has 0 saturated carbocycles. The summed E-state index contributed by atoms with van der Waals surface area (Å²) >= 11 is 4.90. The van der Waals surface area contributed by atoms with E-state index in [0.717, 1.165) is 43.8 Å². The minimum Gasteiger partial charge on any atom is -0.492 e. The van der Waals surface area contributed by atoms with Crippen LogP contribution in [-0.4, -0.2) is 42.0 Å². The molecule has 0 aromatic heterocycles. The van der Waals surface area contributed by atoms with Crippen molar-refractivity contribution >= 4 is 23.1 Å². The lowest BCUT2D eigenvalue weighted by Crippen LogP contribution is -2.42. The average molecular weight is 307 g/mol. The van der Waals surface area contributed by atoms with E-state index >= 15 is 0 Å². The van der Waals surface area contributed by atoms with E-state index in [4.69, 9.17) is 28.4 Å². The van der Waals surface area contributed by atoms with Gasteiger partial charge in [0.15, 0.2) is 0 Å². The molecule has 1 atom stereocenters. The molecule has 1 saturated heterocycles. The van der Waals surface area contributed by atoms with Gasteiger partial charge in [-0.1, -0.05) is 12.2 Å². The van der Waals surface area contributed by atoms with E-state index in [1.807, 2.05) is 24.3 Å². The fourth-order valence-electron chi connectivity index (χ4n) is 2.50. The van der Waals surface area contributed by atoms with Crippen molar-refractivity contribution in [3.63, 3.8) is 0 Å². The third-order valence-corrected chi connectivity index (χ3v) is 3.96. The van der Waals surface area contributed by atoms with Crippen LogP contribution < -0.4 is 16.2 Å². The van der Waals surface area contributed by atoms with E-state index in [9.17, 15) is 4.79 Å². The van der Waals surface area contributed by atoms with Gasteiger partial charge < -0.3 is 16.2 Å². The summed E-state index contributed by atoms with van der Waals surface area (Å²) in [5, 5.41) is 0. The molecule has 1 unspecified atom stereocenters. The Labute approximate surface area is 130 Å². The lowest BCUT2D eigenvalue weighted by atomic mass is 9.98. The Bertz CT molecular complexity index is 504. The van der Waals surface area contributed by atoms with E-state index < -0.39 is 0 Å². The van der Waals surface area contributed by atoms with E-state index in [1.54, 1.807) is 0 Å². The highest BCUT2D eigenvalue weighted by Crippen LogP contribution is 2.16. The van der Waals surface area contributed by atoms with E-state index in [0.29, 0.717) is 11.6 Å². The van der Waals surface area contributed by atoms with Gasteiger partial charge in [-0.05, 0) is 43.7 Å². The highest BCUT2D eigenvalue weighted by Gasteiger charge is 2.23. The number of nitrogens with two attached hydrogens (primary N) is 2. The number of piperidine rings is 1. The van der Waals surface area contributed by atoms with Crippen LogP contribution in [0.2, 0.25) is 0 Å². The van der Waals surface area contributed by atoms with Gasteiger partial charge in [0.2, 0.25) is 5.91 Å². The van der Waals surface area contributed by atoms with Gasteiger partial charge >= 0.3 is 0 Å². The van der Waals surface area contributed by atoms with Crippen molar-refractivity contribution in [1.82, 2.24) is 4.90 Å². The summed E-state index contributed by atoms with van der Waals surface area (Å²) in [6, 6.07) is 7.41. The zero-order valence-electron chi connectivity index (χ0n) is 12.0. The summed E-state index contributed by atoms with van der Waals surface area (Å²) in [4.78, 5) is 13.8. The molecule has 114 valence electrons. The summed E-state index contributed by atoms with van der Waals surface area (Å²) in [6.07, 6.45) is 1.91. The molecule has 1 fully saturated rings. The standard InChI is InChI=1S/C15H21N3O2S/c16-14(19)12-2-1-7-18(10-12)8-9-20-13-5-3-11(4-6-13)15(17)21/h3-6,12H,1-2,7-10H2,(H2,16,19)(H2,17,21). The normalized spacial score (nSPS) is 19.1. The van der Waals surface area contributed by atoms with Crippen molar-refractivity contribution in [3.8, 4) is 5.75 Å². The Balaban J connectivity index is 1.76. The smallest absolute Gasteiger partial charge is 0.221 e. The number of primary amides is 1. The number of hydrogen-bond donors (Lipinski definition) is 2. The zero-order valence-corrected chi connectivity index (χ0v) is 12.8. The molecule has 1 aromatic rings. The molecule has 0 aliphatic carbocycles. The summed E-state index contributed by atoms with van der Waals surface area (Å²) in [6.45, 7) is 3.10. The monoisotopic (exact) mass is 307 g/mol. The van der Waals surface area contributed by atoms with Gasteiger partial charge in [0.1, 0.15) is 17.3 Å². The van der Waals surface area contributed by atoms with E-state index in [-0.39, 0.29) is 11.8 Å². The average Bonchev–Trinajstić information content (AvgIpc) is 2.48. The third-order valence-electron chi connectivity index (χ3n) is 3.72. The second kappa shape index (κ2) is 7.38. The molecule has 1 aliphatic heterocycles. The maximum Gasteiger partial charge on any atom is 0.221 e. The SMILES string of the molecule is NC(=O)C1CCCN(CCOc2ccc(C(N)=S)cc2)C1. The number of nitrogens with zero attached hydrogens (tertiary/aromatic N) is 1. The first-order valence-electron chi connectivity index (χ1n) is 7.10. The lowest BCUT2D eigenvalue weighted by molar-refractivity contribution is -0.123. The molecule has 0 bridgehead atoms. The van der Waals surface area contributed by atoms with Gasteiger partial charge in [-0.3, -0.25) is 9.69 Å². The molecule has 0 radical (unpaired) electrons. The molecular weight excluding hydrogens is 286 g/mol. The molecule has 1 aromatic carbocycles. The second-order valence-corrected chi connectivity index (χ2v) is 5.72. The van der Waals surface area contributed by atoms with Crippen molar-refractivity contribution in [2.75, 3.05) is 26.2 Å². The number of amides is 1. The number of thiocarbonyl (C=S) groups is 1. The molecule has 6 heteroatoms. The summed E-state index contributed by atoms with van der Waals surface area (Å²) < 4.78 is 5.70. The molecule has 1 amide bonds. The molecule has 0 spiro atoms. The van der Waals surface area contributed by atoms with Crippen LogP contribution in [0.4, 0.5) is 0 Å². The van der Waals surface area contributed by atoms with Crippen LogP contribution in [-0.2, 0) is 4.79 Å². The van der Waals surface area contributed by atoms with Crippen LogP contribution in [0.15, 0.2) is 24.3 Å². The largest absolute Gasteiger partial charge is 0.492 e. The number of benzene rings is 1. The van der Waals surface area contributed by atoms with Crippen LogP contribution in [0.1, 0.15) is 18.4 Å². The molecule has 5 nitrogen and oxygen atoms in total. The quantitative estimate of drug-likeness (QED) is 0.763. The van der Waals surface area contributed by atoms with Crippen LogP contribution in [0.25, 0.3) is 0 Å². The summed E-state index contributed by atoms with van der Waals surface area (Å²) in [7, 11) is 0. The minimum absolute atomic E-state index is 0.0244. The number of rotatable bonds is 6. The van der Waals surface area contributed by atoms with Crippen molar-refractivity contribution in [1.29, 1.82) is 0 Å².